The summed E-state index contributed by atoms with van der Waals surface area (Å²) in [6, 6.07) is 2.79. The van der Waals surface area contributed by atoms with Crippen LogP contribution in [0.2, 0.25) is 0 Å². The molecule has 0 radical (unpaired) electrons. The molecule has 17 heavy (non-hydrogen) atoms. The molecule has 1 N–H and O–H groups in total. The number of nitrogens with zero attached hydrogens (tertiary/aromatic N) is 1. The number of aromatic amines is 1. The van der Waals surface area contributed by atoms with Crippen molar-refractivity contribution < 1.29 is 4.92 Å². The molecule has 0 saturated heterocycles. The molecule has 0 bridgehead atoms. The number of aromatic nitrogens is 1. The van der Waals surface area contributed by atoms with Crippen LogP contribution in [-0.2, 0) is 0 Å². The molecule has 0 atom stereocenters. The highest BCUT2D eigenvalue weighted by atomic mass is 16.6. The fourth-order valence-electron chi connectivity index (χ4n) is 1.87. The molecule has 1 aromatic carbocycles. The lowest BCUT2D eigenvalue weighted by molar-refractivity contribution is -0.384. The SMILES string of the molecule is Cc1[nH]c2c(C)cc([N+](=O)[O-])cc2c(=O)c1C. The zero-order valence-electron chi connectivity index (χ0n) is 9.83. The zero-order valence-corrected chi connectivity index (χ0v) is 9.83. The maximum absolute atomic E-state index is 12.0. The fraction of sp³-hybridized carbons (Fsp3) is 0.250. The summed E-state index contributed by atoms with van der Waals surface area (Å²) in [6.07, 6.45) is 0. The Balaban J connectivity index is 2.98. The number of benzene rings is 1. The van der Waals surface area contributed by atoms with E-state index >= 15 is 0 Å². The topological polar surface area (TPSA) is 76.0 Å². The smallest absolute Gasteiger partial charge is 0.270 e. The van der Waals surface area contributed by atoms with Gasteiger partial charge in [-0.25, -0.2) is 0 Å². The number of H-pyrrole nitrogens is 1. The molecule has 1 aromatic heterocycles. The predicted octanol–water partition coefficient (Wildman–Crippen LogP) is 2.36. The van der Waals surface area contributed by atoms with Crippen molar-refractivity contribution in [1.82, 2.24) is 4.98 Å². The van der Waals surface area contributed by atoms with Gasteiger partial charge in [0, 0.05) is 23.4 Å². The summed E-state index contributed by atoms with van der Waals surface area (Å²) < 4.78 is 0. The first-order valence-corrected chi connectivity index (χ1v) is 5.20. The van der Waals surface area contributed by atoms with E-state index < -0.39 is 4.92 Å². The maximum Gasteiger partial charge on any atom is 0.270 e. The minimum atomic E-state index is -0.485. The second-order valence-corrected chi connectivity index (χ2v) is 4.15. The first kappa shape index (κ1) is 11.3. The number of aryl methyl sites for hydroxylation is 2. The van der Waals surface area contributed by atoms with Crippen LogP contribution >= 0.6 is 0 Å². The summed E-state index contributed by atoms with van der Waals surface area (Å²) in [4.78, 5) is 25.4. The van der Waals surface area contributed by atoms with Gasteiger partial charge in [0.1, 0.15) is 0 Å². The number of fused-ring (bicyclic) bond motifs is 1. The van der Waals surface area contributed by atoms with E-state index in [1.807, 2.05) is 6.92 Å². The average molecular weight is 232 g/mol. The van der Waals surface area contributed by atoms with E-state index in [1.165, 1.54) is 12.1 Å². The molecule has 5 nitrogen and oxygen atoms in total. The number of nitrogens with one attached hydrogen (secondary N) is 1. The average Bonchev–Trinajstić information content (AvgIpc) is 2.27. The summed E-state index contributed by atoms with van der Waals surface area (Å²) in [6.45, 7) is 5.28. The van der Waals surface area contributed by atoms with Gasteiger partial charge in [0.05, 0.1) is 15.8 Å². The number of pyridine rings is 1. The molecule has 0 fully saturated rings. The fourth-order valence-corrected chi connectivity index (χ4v) is 1.87. The predicted molar refractivity (Wildman–Crippen MR) is 65.4 cm³/mol. The molecule has 0 amide bonds. The van der Waals surface area contributed by atoms with Crippen LogP contribution in [0.5, 0.6) is 0 Å². The molecule has 0 unspecified atom stereocenters. The lowest BCUT2D eigenvalue weighted by atomic mass is 10.1. The molecule has 0 aliphatic rings. The van der Waals surface area contributed by atoms with Crippen LogP contribution in [0, 0.1) is 30.9 Å². The van der Waals surface area contributed by atoms with E-state index in [2.05, 4.69) is 4.98 Å². The highest BCUT2D eigenvalue weighted by Crippen LogP contribution is 2.22. The van der Waals surface area contributed by atoms with E-state index in [-0.39, 0.29) is 11.1 Å². The van der Waals surface area contributed by atoms with Crippen molar-refractivity contribution in [3.05, 3.63) is 49.3 Å². The van der Waals surface area contributed by atoms with Crippen LogP contribution < -0.4 is 5.43 Å². The van der Waals surface area contributed by atoms with Crippen molar-refractivity contribution in [3.63, 3.8) is 0 Å². The molecular formula is C12H12N2O3. The lowest BCUT2D eigenvalue weighted by Crippen LogP contribution is -2.10. The molecule has 2 aromatic rings. The Morgan fingerprint density at radius 3 is 2.47 bits per heavy atom. The van der Waals surface area contributed by atoms with Gasteiger partial charge in [-0.3, -0.25) is 14.9 Å². The van der Waals surface area contributed by atoms with E-state index in [4.69, 9.17) is 0 Å². The van der Waals surface area contributed by atoms with E-state index in [0.29, 0.717) is 22.0 Å². The van der Waals surface area contributed by atoms with Crippen LogP contribution in [0.3, 0.4) is 0 Å². The van der Waals surface area contributed by atoms with Gasteiger partial charge < -0.3 is 4.98 Å². The normalized spacial score (nSPS) is 10.8. The van der Waals surface area contributed by atoms with Crippen molar-refractivity contribution in [2.75, 3.05) is 0 Å². The molecular weight excluding hydrogens is 220 g/mol. The van der Waals surface area contributed by atoms with Crippen LogP contribution in [0.15, 0.2) is 16.9 Å². The van der Waals surface area contributed by atoms with Crippen molar-refractivity contribution in [3.8, 4) is 0 Å². The van der Waals surface area contributed by atoms with E-state index in [1.54, 1.807) is 13.8 Å². The second-order valence-electron chi connectivity index (χ2n) is 4.15. The number of hydrogen-bond donors (Lipinski definition) is 1. The van der Waals surface area contributed by atoms with Gasteiger partial charge in [-0.15, -0.1) is 0 Å². The van der Waals surface area contributed by atoms with Crippen molar-refractivity contribution in [2.45, 2.75) is 20.8 Å². The molecule has 2 rings (SSSR count). The monoisotopic (exact) mass is 232 g/mol. The van der Waals surface area contributed by atoms with Crippen molar-refractivity contribution in [1.29, 1.82) is 0 Å². The Bertz CT molecular complexity index is 686. The summed E-state index contributed by atoms with van der Waals surface area (Å²) >= 11 is 0. The maximum atomic E-state index is 12.0. The minimum Gasteiger partial charge on any atom is -0.358 e. The Morgan fingerprint density at radius 2 is 1.88 bits per heavy atom. The standard InChI is InChI=1S/C12H12N2O3/c1-6-4-9(14(16)17)5-10-11(6)13-8(3)7(2)12(10)15/h4-5H,1-3H3,(H,13,15). The van der Waals surface area contributed by atoms with Gasteiger partial charge in [-0.2, -0.15) is 0 Å². The number of rotatable bonds is 1. The molecule has 5 heteroatoms. The third-order valence-corrected chi connectivity index (χ3v) is 2.99. The largest absolute Gasteiger partial charge is 0.358 e. The Kier molecular flexibility index (Phi) is 2.46. The van der Waals surface area contributed by atoms with Gasteiger partial charge in [0.2, 0.25) is 0 Å². The van der Waals surface area contributed by atoms with E-state index in [0.717, 1.165) is 5.69 Å². The van der Waals surface area contributed by atoms with Crippen molar-refractivity contribution in [2.24, 2.45) is 0 Å². The van der Waals surface area contributed by atoms with Crippen LogP contribution in [0.1, 0.15) is 16.8 Å². The Hall–Kier alpha value is -2.17. The van der Waals surface area contributed by atoms with Gasteiger partial charge in [0.15, 0.2) is 5.43 Å². The molecule has 0 aliphatic carbocycles. The first-order valence-electron chi connectivity index (χ1n) is 5.20. The molecule has 0 aliphatic heterocycles. The molecule has 0 spiro atoms. The van der Waals surface area contributed by atoms with E-state index in [9.17, 15) is 14.9 Å². The van der Waals surface area contributed by atoms with Crippen molar-refractivity contribution >= 4 is 16.6 Å². The quantitative estimate of drug-likeness (QED) is 0.605. The Labute approximate surface area is 97.2 Å². The zero-order chi connectivity index (χ0) is 12.7. The number of hydrogen-bond acceptors (Lipinski definition) is 3. The summed E-state index contributed by atoms with van der Waals surface area (Å²) in [5.74, 6) is 0. The lowest BCUT2D eigenvalue weighted by Gasteiger charge is -2.06. The third kappa shape index (κ3) is 1.69. The first-order chi connectivity index (χ1) is 7.91. The Morgan fingerprint density at radius 1 is 1.24 bits per heavy atom. The van der Waals surface area contributed by atoms with Crippen LogP contribution in [0.25, 0.3) is 10.9 Å². The summed E-state index contributed by atoms with van der Waals surface area (Å²) in [7, 11) is 0. The van der Waals surface area contributed by atoms with Crippen LogP contribution in [0.4, 0.5) is 5.69 Å². The van der Waals surface area contributed by atoms with Gasteiger partial charge in [0.25, 0.3) is 5.69 Å². The minimum absolute atomic E-state index is 0.0521. The number of nitro groups is 1. The third-order valence-electron chi connectivity index (χ3n) is 2.99. The molecule has 0 saturated carbocycles. The number of non-ortho nitro benzene ring substituents is 1. The highest BCUT2D eigenvalue weighted by Gasteiger charge is 2.13. The van der Waals surface area contributed by atoms with Gasteiger partial charge in [-0.1, -0.05) is 0 Å². The van der Waals surface area contributed by atoms with Gasteiger partial charge in [-0.05, 0) is 26.3 Å². The highest BCUT2D eigenvalue weighted by molar-refractivity contribution is 5.84. The molecule has 88 valence electrons. The summed E-state index contributed by atoms with van der Waals surface area (Å²) in [5, 5.41) is 11.1. The second kappa shape index (κ2) is 3.69. The number of nitro benzene ring substituents is 1. The molecule has 1 heterocycles. The van der Waals surface area contributed by atoms with Crippen LogP contribution in [-0.4, -0.2) is 9.91 Å². The van der Waals surface area contributed by atoms with Gasteiger partial charge >= 0.3 is 0 Å². The summed E-state index contributed by atoms with van der Waals surface area (Å²) in [5.41, 5.74) is 2.56.